The second-order valence-corrected chi connectivity index (χ2v) is 11.2. The van der Waals surface area contributed by atoms with Crippen molar-refractivity contribution in [2.45, 2.75) is 64.7 Å². The van der Waals surface area contributed by atoms with Gasteiger partial charge in [-0.1, -0.05) is 63.4 Å². The predicted octanol–water partition coefficient (Wildman–Crippen LogP) is 3.52. The monoisotopic (exact) mass is 424 g/mol. The summed E-state index contributed by atoms with van der Waals surface area (Å²) in [4.78, 5) is 12.0. The smallest absolute Gasteiger partial charge is 0.237 e. The Kier molecular flexibility index (Phi) is 9.84. The Morgan fingerprint density at radius 2 is 1.90 bits per heavy atom. The summed E-state index contributed by atoms with van der Waals surface area (Å²) in [6, 6.07) is 9.04. The van der Waals surface area contributed by atoms with E-state index in [1.807, 2.05) is 44.2 Å². The third kappa shape index (κ3) is 8.59. The maximum atomic E-state index is 13.6. The zero-order valence-electron chi connectivity index (χ0n) is 17.8. The number of amides is 1. The molecule has 164 valence electrons. The van der Waals surface area contributed by atoms with Crippen LogP contribution in [0.15, 0.2) is 30.3 Å². The van der Waals surface area contributed by atoms with E-state index in [0.717, 1.165) is 31.2 Å². The van der Waals surface area contributed by atoms with Gasteiger partial charge in [0.25, 0.3) is 0 Å². The number of hydrogen-bond donors (Lipinski definition) is 3. The van der Waals surface area contributed by atoms with Crippen LogP contribution in [0.5, 0.6) is 0 Å². The zero-order chi connectivity index (χ0) is 21.3. The fraction of sp³-hybridized carbons (Fsp3) is 0.682. The summed E-state index contributed by atoms with van der Waals surface area (Å²) in [7, 11) is -3.04. The lowest BCUT2D eigenvalue weighted by Gasteiger charge is -2.28. The van der Waals surface area contributed by atoms with E-state index in [1.54, 1.807) is 0 Å². The van der Waals surface area contributed by atoms with Crippen LogP contribution in [0.25, 0.3) is 0 Å². The van der Waals surface area contributed by atoms with E-state index >= 15 is 0 Å². The van der Waals surface area contributed by atoms with Crippen LogP contribution >= 0.6 is 7.37 Å². The van der Waals surface area contributed by atoms with Crippen LogP contribution in [0.4, 0.5) is 0 Å². The van der Waals surface area contributed by atoms with Gasteiger partial charge < -0.3 is 20.7 Å². The van der Waals surface area contributed by atoms with E-state index in [1.165, 1.54) is 6.42 Å². The Labute approximate surface area is 175 Å². The van der Waals surface area contributed by atoms with Crippen LogP contribution in [0.2, 0.25) is 0 Å². The van der Waals surface area contributed by atoms with Crippen molar-refractivity contribution in [3.8, 4) is 0 Å². The van der Waals surface area contributed by atoms with Crippen molar-refractivity contribution in [3.05, 3.63) is 35.9 Å². The Balaban J connectivity index is 1.95. The van der Waals surface area contributed by atoms with Gasteiger partial charge in [-0.25, -0.2) is 0 Å². The number of benzene rings is 1. The highest BCUT2D eigenvalue weighted by atomic mass is 31.2. The van der Waals surface area contributed by atoms with Crippen molar-refractivity contribution in [2.24, 2.45) is 17.6 Å². The molecule has 1 amide bonds. The molecule has 1 aromatic rings. The van der Waals surface area contributed by atoms with Gasteiger partial charge in [0.05, 0.1) is 24.9 Å². The lowest BCUT2D eigenvalue weighted by atomic mass is 9.91. The Morgan fingerprint density at radius 3 is 2.52 bits per heavy atom. The number of hydrogen-bond acceptors (Lipinski definition) is 5. The maximum Gasteiger partial charge on any atom is 0.237 e. The number of carbonyl (C=O) groups is 1. The minimum Gasteiger partial charge on any atom is -0.391 e. The summed E-state index contributed by atoms with van der Waals surface area (Å²) in [6.07, 6.45) is 5.30. The van der Waals surface area contributed by atoms with Crippen LogP contribution in [0.1, 0.15) is 51.5 Å². The van der Waals surface area contributed by atoms with Gasteiger partial charge >= 0.3 is 0 Å². The van der Waals surface area contributed by atoms with Crippen LogP contribution < -0.4 is 11.1 Å². The summed E-state index contributed by atoms with van der Waals surface area (Å²) < 4.78 is 19.6. The molecular formula is C22H37N2O4P. The van der Waals surface area contributed by atoms with Crippen LogP contribution in [0.3, 0.4) is 0 Å². The van der Waals surface area contributed by atoms with Crippen molar-refractivity contribution in [3.63, 3.8) is 0 Å². The third-order valence-electron chi connectivity index (χ3n) is 5.59. The number of carbonyl (C=O) groups excluding carboxylic acids is 1. The molecular weight excluding hydrogens is 387 g/mol. The molecule has 3 unspecified atom stereocenters. The molecule has 0 aromatic heterocycles. The highest BCUT2D eigenvalue weighted by Gasteiger charge is 2.32. The molecule has 1 fully saturated rings. The summed E-state index contributed by atoms with van der Waals surface area (Å²) in [5, 5.41) is 13.1. The molecule has 7 heteroatoms. The number of aliphatic hydroxyl groups is 1. The molecule has 0 heterocycles. The molecule has 3 atom stereocenters. The molecule has 2 rings (SSSR count). The lowest BCUT2D eigenvalue weighted by Crippen LogP contribution is -2.46. The molecule has 0 spiro atoms. The molecule has 1 aliphatic rings. The van der Waals surface area contributed by atoms with Gasteiger partial charge in [-0.05, 0) is 30.2 Å². The van der Waals surface area contributed by atoms with E-state index in [-0.39, 0.29) is 31.1 Å². The fourth-order valence-electron chi connectivity index (χ4n) is 3.73. The Bertz CT molecular complexity index is 662. The van der Waals surface area contributed by atoms with Gasteiger partial charge in [0.2, 0.25) is 13.3 Å². The summed E-state index contributed by atoms with van der Waals surface area (Å²) in [5.74, 6) is 0.0895. The number of aliphatic hydroxyl groups excluding tert-OH is 1. The fourth-order valence-corrected chi connectivity index (χ4v) is 6.40. The second kappa shape index (κ2) is 11.8. The minimum atomic E-state index is -3.04. The van der Waals surface area contributed by atoms with Crippen molar-refractivity contribution in [2.75, 3.05) is 18.9 Å². The molecule has 4 N–H and O–H groups in total. The average Bonchev–Trinajstić information content (AvgIpc) is 2.71. The molecule has 0 radical (unpaired) electrons. The van der Waals surface area contributed by atoms with Gasteiger partial charge in [0.1, 0.15) is 0 Å². The van der Waals surface area contributed by atoms with Gasteiger partial charge in [0.15, 0.2) is 0 Å². The van der Waals surface area contributed by atoms with E-state index in [4.69, 9.17) is 10.3 Å². The molecule has 1 aromatic carbocycles. The van der Waals surface area contributed by atoms with Crippen LogP contribution in [-0.4, -0.2) is 42.0 Å². The highest BCUT2D eigenvalue weighted by Crippen LogP contribution is 2.51. The van der Waals surface area contributed by atoms with Gasteiger partial charge in [-0.15, -0.1) is 0 Å². The van der Waals surface area contributed by atoms with Gasteiger partial charge in [-0.2, -0.15) is 0 Å². The number of nitrogens with two attached hydrogens (primary N) is 1. The number of rotatable bonds is 11. The molecule has 0 aliphatic heterocycles. The largest absolute Gasteiger partial charge is 0.391 e. The first-order valence-electron chi connectivity index (χ1n) is 10.8. The van der Waals surface area contributed by atoms with Crippen molar-refractivity contribution in [1.82, 2.24) is 5.32 Å². The van der Waals surface area contributed by atoms with Crippen LogP contribution in [-0.2, 0) is 20.5 Å². The van der Waals surface area contributed by atoms with Crippen molar-refractivity contribution >= 4 is 13.3 Å². The van der Waals surface area contributed by atoms with Crippen molar-refractivity contribution in [1.29, 1.82) is 0 Å². The standard InChI is InChI=1S/C22H37N2O4P/c1-17(2)21(23)22(26)24-13-20(25)16-29(27,15-19-11-7-4-8-12-19)28-14-18-9-5-3-6-10-18/h3,5-6,9-10,17,19-21,25H,4,7-8,11-16,23H2,1-2H3,(H,24,26). The van der Waals surface area contributed by atoms with Crippen LogP contribution in [0, 0.1) is 11.8 Å². The topological polar surface area (TPSA) is 102 Å². The summed E-state index contributed by atoms with van der Waals surface area (Å²) in [6.45, 7) is 4.04. The summed E-state index contributed by atoms with van der Waals surface area (Å²) >= 11 is 0. The Morgan fingerprint density at radius 1 is 1.24 bits per heavy atom. The zero-order valence-corrected chi connectivity index (χ0v) is 18.7. The average molecular weight is 425 g/mol. The molecule has 6 nitrogen and oxygen atoms in total. The first kappa shape index (κ1) is 24.1. The van der Waals surface area contributed by atoms with E-state index in [9.17, 15) is 14.5 Å². The summed E-state index contributed by atoms with van der Waals surface area (Å²) in [5.41, 5.74) is 6.80. The molecule has 1 saturated carbocycles. The minimum absolute atomic E-state index is 0.0127. The van der Waals surface area contributed by atoms with E-state index < -0.39 is 19.5 Å². The highest BCUT2D eigenvalue weighted by molar-refractivity contribution is 7.59. The second-order valence-electron chi connectivity index (χ2n) is 8.61. The SMILES string of the molecule is CC(C)C(N)C(=O)NCC(O)CP(=O)(CC1CCCCC1)OCc1ccccc1. The molecule has 1 aliphatic carbocycles. The van der Waals surface area contributed by atoms with Crippen molar-refractivity contribution < 1.29 is 19.0 Å². The van der Waals surface area contributed by atoms with Gasteiger partial charge in [-0.3, -0.25) is 9.36 Å². The quantitative estimate of drug-likeness (QED) is 0.472. The molecule has 0 bridgehead atoms. The first-order valence-corrected chi connectivity index (χ1v) is 12.8. The van der Waals surface area contributed by atoms with E-state index in [0.29, 0.717) is 12.1 Å². The Hall–Kier alpha value is -1.20. The van der Waals surface area contributed by atoms with E-state index in [2.05, 4.69) is 5.32 Å². The maximum absolute atomic E-state index is 13.6. The lowest BCUT2D eigenvalue weighted by molar-refractivity contribution is -0.123. The molecule has 29 heavy (non-hydrogen) atoms. The normalized spacial score (nSPS) is 19.5. The third-order valence-corrected chi connectivity index (χ3v) is 8.24. The predicted molar refractivity (Wildman–Crippen MR) is 117 cm³/mol. The first-order chi connectivity index (χ1) is 13.8. The molecule has 0 saturated heterocycles. The van der Waals surface area contributed by atoms with Gasteiger partial charge in [0, 0.05) is 12.7 Å². The number of nitrogens with one attached hydrogen (secondary N) is 1.